The molecular weight excluding hydrogens is 386 g/mol. The Bertz CT molecular complexity index is 900. The van der Waals surface area contributed by atoms with E-state index in [1.165, 1.54) is 25.5 Å². The van der Waals surface area contributed by atoms with Crippen molar-refractivity contribution in [3.05, 3.63) is 64.7 Å². The molecular formula is C24H30F2N2O2. The number of hydrogen-bond donors (Lipinski definition) is 1. The van der Waals surface area contributed by atoms with Gasteiger partial charge in [-0.3, -0.25) is 9.79 Å². The molecule has 0 bridgehead atoms. The van der Waals surface area contributed by atoms with Crippen LogP contribution in [-0.4, -0.2) is 37.4 Å². The van der Waals surface area contributed by atoms with Crippen LogP contribution in [0.1, 0.15) is 50.0 Å². The molecule has 2 atom stereocenters. The van der Waals surface area contributed by atoms with Crippen molar-refractivity contribution in [3.8, 4) is 0 Å². The minimum atomic E-state index is -1.81. The van der Waals surface area contributed by atoms with Crippen LogP contribution in [0.25, 0.3) is 0 Å². The zero-order chi connectivity index (χ0) is 22.3. The van der Waals surface area contributed by atoms with E-state index in [9.17, 15) is 13.6 Å². The highest BCUT2D eigenvalue weighted by atomic mass is 19.2. The third kappa shape index (κ3) is 5.72. The molecule has 0 saturated carbocycles. The maximum atomic E-state index is 14.3. The highest BCUT2D eigenvalue weighted by molar-refractivity contribution is 5.97. The van der Waals surface area contributed by atoms with Gasteiger partial charge in [0.05, 0.1) is 6.54 Å². The van der Waals surface area contributed by atoms with Crippen LogP contribution in [0.2, 0.25) is 0 Å². The van der Waals surface area contributed by atoms with Gasteiger partial charge in [-0.1, -0.05) is 26.0 Å². The number of carbonyl (C=O) groups excluding carboxylic acids is 1. The molecule has 4 nitrogen and oxygen atoms in total. The second-order valence-corrected chi connectivity index (χ2v) is 7.26. The molecule has 0 heterocycles. The summed E-state index contributed by atoms with van der Waals surface area (Å²) in [5.41, 5.74) is 4.21. The Kier molecular flexibility index (Phi) is 8.66. The van der Waals surface area contributed by atoms with Gasteiger partial charge in [-0.2, -0.15) is 0 Å². The molecule has 0 saturated heterocycles. The molecule has 1 aliphatic rings. The van der Waals surface area contributed by atoms with Gasteiger partial charge in [0.25, 0.3) is 0 Å². The summed E-state index contributed by atoms with van der Waals surface area (Å²) in [4.78, 5) is 16.4. The average molecular weight is 417 g/mol. The highest BCUT2D eigenvalue weighted by Gasteiger charge is 2.29. The van der Waals surface area contributed by atoms with E-state index in [0.717, 1.165) is 28.9 Å². The topological polar surface area (TPSA) is 50.7 Å². The standard InChI is InChI=1S/C24H30F2N2O2/c1-6-17-12-18(8-9-20(17)21(29)7-2)28-14-16(4)27-13-15(3)19-10-11-22(30-5)24(26)23(19)25/h8-13,22,24,28H,6-7,14H2,1-5H3/b15-13+,27-16?. The van der Waals surface area contributed by atoms with Crippen LogP contribution in [0, 0.1) is 0 Å². The first-order valence-electron chi connectivity index (χ1n) is 10.2. The first-order valence-corrected chi connectivity index (χ1v) is 10.2. The molecule has 0 aromatic heterocycles. The Morgan fingerprint density at radius 2 is 2.03 bits per heavy atom. The van der Waals surface area contributed by atoms with Crippen LogP contribution in [-0.2, 0) is 11.2 Å². The Balaban J connectivity index is 2.06. The number of aliphatic imine (C=N–C) groups is 1. The van der Waals surface area contributed by atoms with E-state index in [2.05, 4.69) is 10.3 Å². The van der Waals surface area contributed by atoms with Gasteiger partial charge in [-0.05, 0) is 49.6 Å². The summed E-state index contributed by atoms with van der Waals surface area (Å²) in [6.45, 7) is 7.92. The summed E-state index contributed by atoms with van der Waals surface area (Å²) in [5, 5.41) is 3.29. The van der Waals surface area contributed by atoms with Gasteiger partial charge in [0.15, 0.2) is 12.0 Å². The maximum absolute atomic E-state index is 14.3. The SMILES string of the molecule is CCC(=O)c1ccc(NCC(C)=N/C=C(\C)C2=C(F)C(F)C(OC)C=C2)cc1CC. The molecule has 1 N–H and O–H groups in total. The van der Waals surface area contributed by atoms with E-state index in [1.807, 2.05) is 39.0 Å². The van der Waals surface area contributed by atoms with Crippen molar-refractivity contribution in [1.82, 2.24) is 0 Å². The number of allylic oxidation sites excluding steroid dienone is 3. The van der Waals surface area contributed by atoms with E-state index in [1.54, 1.807) is 6.92 Å². The lowest BCUT2D eigenvalue weighted by atomic mass is 9.97. The summed E-state index contributed by atoms with van der Waals surface area (Å²) in [6.07, 6.45) is 3.13. The first kappa shape index (κ1) is 23.7. The predicted octanol–water partition coefficient (Wildman–Crippen LogP) is 5.76. The lowest BCUT2D eigenvalue weighted by molar-refractivity contribution is 0.0701. The number of nitrogens with zero attached hydrogens (tertiary/aromatic N) is 1. The fourth-order valence-corrected chi connectivity index (χ4v) is 3.19. The van der Waals surface area contributed by atoms with Gasteiger partial charge in [-0.25, -0.2) is 8.78 Å². The van der Waals surface area contributed by atoms with Crippen LogP contribution in [0.15, 0.2) is 58.5 Å². The highest BCUT2D eigenvalue weighted by Crippen LogP contribution is 2.29. The molecule has 30 heavy (non-hydrogen) atoms. The number of alkyl halides is 1. The van der Waals surface area contributed by atoms with Crippen molar-refractivity contribution in [2.75, 3.05) is 19.0 Å². The summed E-state index contributed by atoms with van der Waals surface area (Å²) in [7, 11) is 1.35. The van der Waals surface area contributed by atoms with Gasteiger partial charge >= 0.3 is 0 Å². The number of anilines is 1. The number of Topliss-reactive ketones (excluding diaryl/α,β-unsaturated/α-hetero) is 1. The molecule has 162 valence electrons. The fraction of sp³-hybridized carbons (Fsp3) is 0.417. The maximum Gasteiger partial charge on any atom is 0.181 e. The fourth-order valence-electron chi connectivity index (χ4n) is 3.19. The smallest absolute Gasteiger partial charge is 0.181 e. The second kappa shape index (κ2) is 11.0. The average Bonchev–Trinajstić information content (AvgIpc) is 2.76. The second-order valence-electron chi connectivity index (χ2n) is 7.26. The summed E-state index contributed by atoms with van der Waals surface area (Å²) < 4.78 is 33.2. The quantitative estimate of drug-likeness (QED) is 0.411. The molecule has 6 heteroatoms. The summed E-state index contributed by atoms with van der Waals surface area (Å²) in [6, 6.07) is 5.73. The molecule has 0 spiro atoms. The van der Waals surface area contributed by atoms with Gasteiger partial charge in [0.1, 0.15) is 11.9 Å². The van der Waals surface area contributed by atoms with E-state index in [4.69, 9.17) is 4.74 Å². The number of ether oxygens (including phenoxy) is 1. The Morgan fingerprint density at radius 1 is 1.30 bits per heavy atom. The largest absolute Gasteiger partial charge is 0.380 e. The summed E-state index contributed by atoms with van der Waals surface area (Å²) >= 11 is 0. The van der Waals surface area contributed by atoms with Crippen molar-refractivity contribution in [3.63, 3.8) is 0 Å². The number of methoxy groups -OCH3 is 1. The monoisotopic (exact) mass is 416 g/mol. The molecule has 2 rings (SSSR count). The van der Waals surface area contributed by atoms with Crippen LogP contribution in [0.5, 0.6) is 0 Å². The number of nitrogens with one attached hydrogen (secondary N) is 1. The molecule has 0 aliphatic heterocycles. The Hall–Kier alpha value is -2.60. The van der Waals surface area contributed by atoms with Crippen molar-refractivity contribution in [1.29, 1.82) is 0 Å². The van der Waals surface area contributed by atoms with E-state index in [0.29, 0.717) is 18.5 Å². The lowest BCUT2D eigenvalue weighted by Gasteiger charge is -2.21. The van der Waals surface area contributed by atoms with Gasteiger partial charge < -0.3 is 10.1 Å². The number of aryl methyl sites for hydroxylation is 1. The molecule has 0 amide bonds. The molecule has 1 aromatic rings. The van der Waals surface area contributed by atoms with E-state index in [-0.39, 0.29) is 11.4 Å². The Labute approximate surface area is 177 Å². The number of carbonyl (C=O) groups is 1. The van der Waals surface area contributed by atoms with E-state index >= 15 is 0 Å². The van der Waals surface area contributed by atoms with Gasteiger partial charge in [0.2, 0.25) is 0 Å². The van der Waals surface area contributed by atoms with E-state index < -0.39 is 18.1 Å². The molecule has 1 aliphatic carbocycles. The number of halogens is 2. The van der Waals surface area contributed by atoms with Gasteiger partial charge in [-0.15, -0.1) is 0 Å². The first-order chi connectivity index (χ1) is 14.3. The minimum Gasteiger partial charge on any atom is -0.380 e. The molecule has 2 unspecified atom stereocenters. The minimum absolute atomic E-state index is 0.141. The summed E-state index contributed by atoms with van der Waals surface area (Å²) in [5.74, 6) is -0.694. The van der Waals surface area contributed by atoms with Crippen LogP contribution in [0.4, 0.5) is 14.5 Å². The molecule has 1 aromatic carbocycles. The van der Waals surface area contributed by atoms with Gasteiger partial charge in [0, 0.05) is 42.3 Å². The molecule has 0 radical (unpaired) electrons. The third-order valence-electron chi connectivity index (χ3n) is 5.07. The molecule has 0 fully saturated rings. The van der Waals surface area contributed by atoms with Crippen molar-refractivity contribution < 1.29 is 18.3 Å². The van der Waals surface area contributed by atoms with Crippen LogP contribution in [0.3, 0.4) is 0 Å². The normalized spacial score (nSPS) is 20.0. The lowest BCUT2D eigenvalue weighted by Crippen LogP contribution is -2.26. The van der Waals surface area contributed by atoms with Crippen molar-refractivity contribution >= 4 is 17.2 Å². The number of benzene rings is 1. The van der Waals surface area contributed by atoms with Crippen molar-refractivity contribution in [2.45, 2.75) is 52.8 Å². The Morgan fingerprint density at radius 3 is 2.67 bits per heavy atom. The van der Waals surface area contributed by atoms with Crippen molar-refractivity contribution in [2.24, 2.45) is 4.99 Å². The third-order valence-corrected chi connectivity index (χ3v) is 5.07. The van der Waals surface area contributed by atoms with Crippen LogP contribution < -0.4 is 5.32 Å². The number of rotatable bonds is 9. The zero-order valence-corrected chi connectivity index (χ0v) is 18.3. The van der Waals surface area contributed by atoms with Crippen LogP contribution >= 0.6 is 0 Å². The zero-order valence-electron chi connectivity index (χ0n) is 18.3. The number of ketones is 1. The number of hydrogen-bond acceptors (Lipinski definition) is 4. The predicted molar refractivity (Wildman–Crippen MR) is 119 cm³/mol.